The van der Waals surface area contributed by atoms with Crippen LogP contribution in [0.2, 0.25) is 0 Å². The number of methoxy groups -OCH3 is 2. The number of nitrogens with two attached hydrogens (primary N) is 1. The van der Waals surface area contributed by atoms with Crippen molar-refractivity contribution in [2.75, 3.05) is 47.1 Å². The van der Waals surface area contributed by atoms with Crippen LogP contribution in [0.25, 0.3) is 0 Å². The first-order valence-electron chi connectivity index (χ1n) is 6.54. The number of nitrogens with zero attached hydrogens (tertiary/aromatic N) is 1. The van der Waals surface area contributed by atoms with Crippen molar-refractivity contribution in [2.45, 2.75) is 6.04 Å². The standard InChI is InChI=1S/C14H22N2O3/c1-17-11-3-4-14(18-2)12(9-11)13(10-15)16-5-7-19-8-6-16/h3-4,9,13H,5-8,10,15H2,1-2H3/t13-/m1/s1. The minimum Gasteiger partial charge on any atom is -0.497 e. The summed E-state index contributed by atoms with van der Waals surface area (Å²) in [7, 11) is 3.34. The Morgan fingerprint density at radius 2 is 2.00 bits per heavy atom. The molecule has 0 amide bonds. The predicted molar refractivity (Wildman–Crippen MR) is 73.7 cm³/mol. The number of benzene rings is 1. The highest BCUT2D eigenvalue weighted by atomic mass is 16.5. The van der Waals surface area contributed by atoms with Crippen molar-refractivity contribution in [3.05, 3.63) is 23.8 Å². The maximum atomic E-state index is 5.97. The molecule has 1 aliphatic heterocycles. The molecule has 1 saturated heterocycles. The summed E-state index contributed by atoms with van der Waals surface area (Å²) in [6.07, 6.45) is 0. The molecule has 0 aromatic heterocycles. The van der Waals surface area contributed by atoms with Crippen molar-refractivity contribution < 1.29 is 14.2 Å². The molecule has 1 fully saturated rings. The van der Waals surface area contributed by atoms with Gasteiger partial charge in [0, 0.05) is 25.2 Å². The van der Waals surface area contributed by atoms with Gasteiger partial charge in [-0.1, -0.05) is 0 Å². The van der Waals surface area contributed by atoms with E-state index in [0.29, 0.717) is 6.54 Å². The summed E-state index contributed by atoms with van der Waals surface area (Å²) < 4.78 is 16.1. The Bertz CT molecular complexity index is 406. The summed E-state index contributed by atoms with van der Waals surface area (Å²) in [6.45, 7) is 3.83. The van der Waals surface area contributed by atoms with Crippen LogP contribution in [0, 0.1) is 0 Å². The van der Waals surface area contributed by atoms with E-state index in [0.717, 1.165) is 43.4 Å². The van der Waals surface area contributed by atoms with E-state index in [9.17, 15) is 0 Å². The van der Waals surface area contributed by atoms with Gasteiger partial charge >= 0.3 is 0 Å². The first-order valence-corrected chi connectivity index (χ1v) is 6.54. The summed E-state index contributed by atoms with van der Waals surface area (Å²) in [5.41, 5.74) is 7.05. The molecule has 2 rings (SSSR count). The number of hydrogen-bond acceptors (Lipinski definition) is 5. The molecule has 5 heteroatoms. The van der Waals surface area contributed by atoms with Crippen LogP contribution in [-0.4, -0.2) is 52.0 Å². The van der Waals surface area contributed by atoms with Gasteiger partial charge in [0.2, 0.25) is 0 Å². The van der Waals surface area contributed by atoms with E-state index in [1.807, 2.05) is 18.2 Å². The van der Waals surface area contributed by atoms with Gasteiger partial charge < -0.3 is 19.9 Å². The Hall–Kier alpha value is -1.30. The molecule has 0 bridgehead atoms. The quantitative estimate of drug-likeness (QED) is 0.863. The van der Waals surface area contributed by atoms with Crippen molar-refractivity contribution in [1.29, 1.82) is 0 Å². The Morgan fingerprint density at radius 1 is 1.26 bits per heavy atom. The number of ether oxygens (including phenoxy) is 3. The largest absolute Gasteiger partial charge is 0.497 e. The second-order valence-electron chi connectivity index (χ2n) is 4.51. The number of rotatable bonds is 5. The van der Waals surface area contributed by atoms with Crippen LogP contribution in [0.1, 0.15) is 11.6 Å². The van der Waals surface area contributed by atoms with Crippen LogP contribution in [0.5, 0.6) is 11.5 Å². The second kappa shape index (κ2) is 6.75. The minimum atomic E-state index is 0.133. The van der Waals surface area contributed by atoms with Gasteiger partial charge in [-0.3, -0.25) is 4.90 Å². The van der Waals surface area contributed by atoms with Crippen LogP contribution in [0.4, 0.5) is 0 Å². The van der Waals surface area contributed by atoms with Crippen molar-refractivity contribution in [1.82, 2.24) is 4.90 Å². The van der Waals surface area contributed by atoms with Crippen LogP contribution >= 0.6 is 0 Å². The highest BCUT2D eigenvalue weighted by molar-refractivity contribution is 5.42. The van der Waals surface area contributed by atoms with Crippen molar-refractivity contribution in [3.63, 3.8) is 0 Å². The molecule has 0 aliphatic carbocycles. The molecule has 5 nitrogen and oxygen atoms in total. The number of morpholine rings is 1. The van der Waals surface area contributed by atoms with Gasteiger partial charge in [0.05, 0.1) is 33.5 Å². The maximum Gasteiger partial charge on any atom is 0.123 e. The van der Waals surface area contributed by atoms with Gasteiger partial charge in [-0.15, -0.1) is 0 Å². The van der Waals surface area contributed by atoms with Crippen LogP contribution in [0.15, 0.2) is 18.2 Å². The summed E-state index contributed by atoms with van der Waals surface area (Å²) >= 11 is 0. The molecule has 1 heterocycles. The van der Waals surface area contributed by atoms with Gasteiger partial charge in [-0.25, -0.2) is 0 Å². The Labute approximate surface area is 114 Å². The zero-order valence-corrected chi connectivity index (χ0v) is 11.6. The third kappa shape index (κ3) is 3.18. The first kappa shape index (κ1) is 14.1. The van der Waals surface area contributed by atoms with E-state index >= 15 is 0 Å². The van der Waals surface area contributed by atoms with E-state index in [2.05, 4.69) is 4.90 Å². The molecule has 0 spiro atoms. The summed E-state index contributed by atoms with van der Waals surface area (Å²) in [6, 6.07) is 5.96. The average molecular weight is 266 g/mol. The van der Waals surface area contributed by atoms with E-state index in [1.54, 1.807) is 14.2 Å². The lowest BCUT2D eigenvalue weighted by Gasteiger charge is -2.34. The first-order chi connectivity index (χ1) is 9.30. The third-order valence-electron chi connectivity index (χ3n) is 3.51. The molecule has 0 unspecified atom stereocenters. The number of hydrogen-bond donors (Lipinski definition) is 1. The molecule has 1 aliphatic rings. The lowest BCUT2D eigenvalue weighted by molar-refractivity contribution is 0.0174. The average Bonchev–Trinajstić information content (AvgIpc) is 2.49. The summed E-state index contributed by atoms with van der Waals surface area (Å²) in [4.78, 5) is 2.33. The van der Waals surface area contributed by atoms with Gasteiger partial charge in [-0.05, 0) is 18.2 Å². The van der Waals surface area contributed by atoms with E-state index in [4.69, 9.17) is 19.9 Å². The molecule has 2 N–H and O–H groups in total. The highest BCUT2D eigenvalue weighted by Crippen LogP contribution is 2.32. The fraction of sp³-hybridized carbons (Fsp3) is 0.571. The molecule has 1 aromatic rings. The molecule has 1 aromatic carbocycles. The van der Waals surface area contributed by atoms with Gasteiger partial charge in [-0.2, -0.15) is 0 Å². The molecule has 1 atom stereocenters. The van der Waals surface area contributed by atoms with E-state index < -0.39 is 0 Å². The topological polar surface area (TPSA) is 57.0 Å². The fourth-order valence-corrected chi connectivity index (χ4v) is 2.46. The zero-order chi connectivity index (χ0) is 13.7. The van der Waals surface area contributed by atoms with Gasteiger partial charge in [0.25, 0.3) is 0 Å². The summed E-state index contributed by atoms with van der Waals surface area (Å²) in [5.74, 6) is 1.67. The SMILES string of the molecule is COc1ccc(OC)c([C@@H](CN)N2CCOCC2)c1. The monoisotopic (exact) mass is 266 g/mol. The maximum absolute atomic E-state index is 5.97. The molecular formula is C14H22N2O3. The minimum absolute atomic E-state index is 0.133. The van der Waals surface area contributed by atoms with Gasteiger partial charge in [0.1, 0.15) is 11.5 Å². The fourth-order valence-electron chi connectivity index (χ4n) is 2.46. The molecule has 0 saturated carbocycles. The van der Waals surface area contributed by atoms with Gasteiger partial charge in [0.15, 0.2) is 0 Å². The van der Waals surface area contributed by atoms with Crippen molar-refractivity contribution in [3.8, 4) is 11.5 Å². The molecular weight excluding hydrogens is 244 g/mol. The second-order valence-corrected chi connectivity index (χ2v) is 4.51. The molecule has 106 valence electrons. The third-order valence-corrected chi connectivity index (χ3v) is 3.51. The molecule has 0 radical (unpaired) electrons. The lowest BCUT2D eigenvalue weighted by atomic mass is 10.0. The molecule has 19 heavy (non-hydrogen) atoms. The van der Waals surface area contributed by atoms with Crippen LogP contribution in [0.3, 0.4) is 0 Å². The summed E-state index contributed by atoms with van der Waals surface area (Å²) in [5, 5.41) is 0. The van der Waals surface area contributed by atoms with Crippen molar-refractivity contribution >= 4 is 0 Å². The zero-order valence-electron chi connectivity index (χ0n) is 11.6. The Balaban J connectivity index is 2.29. The Morgan fingerprint density at radius 3 is 2.58 bits per heavy atom. The van der Waals surface area contributed by atoms with Crippen LogP contribution < -0.4 is 15.2 Å². The predicted octanol–water partition coefficient (Wildman–Crippen LogP) is 1.04. The Kier molecular flexibility index (Phi) is 5.01. The van der Waals surface area contributed by atoms with E-state index in [1.165, 1.54) is 0 Å². The van der Waals surface area contributed by atoms with Crippen molar-refractivity contribution in [2.24, 2.45) is 5.73 Å². The van der Waals surface area contributed by atoms with E-state index in [-0.39, 0.29) is 6.04 Å². The van der Waals surface area contributed by atoms with Crippen LogP contribution in [-0.2, 0) is 4.74 Å². The normalized spacial score (nSPS) is 18.1. The lowest BCUT2D eigenvalue weighted by Crippen LogP contribution is -2.41. The highest BCUT2D eigenvalue weighted by Gasteiger charge is 2.24. The smallest absolute Gasteiger partial charge is 0.123 e.